The number of carbonyl (C=O) groups is 2. The summed E-state index contributed by atoms with van der Waals surface area (Å²) in [7, 11) is 5.16. The van der Waals surface area contributed by atoms with Gasteiger partial charge < -0.3 is 14.5 Å². The summed E-state index contributed by atoms with van der Waals surface area (Å²) in [6.07, 6.45) is 1.56. The zero-order chi connectivity index (χ0) is 17.3. The van der Waals surface area contributed by atoms with Crippen LogP contribution in [0.15, 0.2) is 24.3 Å². The number of nitrogens with zero attached hydrogens (tertiary/aromatic N) is 3. The Morgan fingerprint density at radius 2 is 2.00 bits per heavy atom. The number of urea groups is 1. The molecule has 0 bridgehead atoms. The number of rotatable bonds is 2. The van der Waals surface area contributed by atoms with E-state index < -0.39 is 0 Å². The first-order valence-electron chi connectivity index (χ1n) is 8.04. The fraction of sp³-hybridized carbons (Fsp3) is 0.529. The van der Waals surface area contributed by atoms with Crippen molar-refractivity contribution in [2.24, 2.45) is 0 Å². The topological polar surface area (TPSA) is 53.1 Å². The molecule has 7 heteroatoms. The normalized spacial score (nSPS) is 19.7. The third-order valence-corrected chi connectivity index (χ3v) is 6.15. The zero-order valence-corrected chi connectivity index (χ0v) is 15.1. The summed E-state index contributed by atoms with van der Waals surface area (Å²) in [5.41, 5.74) is 0.872. The molecule has 0 aromatic heterocycles. The molecule has 3 amide bonds. The summed E-state index contributed by atoms with van der Waals surface area (Å²) in [6.45, 7) is 1.33. The fourth-order valence-corrected chi connectivity index (χ4v) is 4.71. The second-order valence-corrected chi connectivity index (χ2v) is 7.67. The Morgan fingerprint density at radius 3 is 2.62 bits per heavy atom. The predicted molar refractivity (Wildman–Crippen MR) is 95.6 cm³/mol. The number of amides is 3. The van der Waals surface area contributed by atoms with Gasteiger partial charge >= 0.3 is 6.03 Å². The summed E-state index contributed by atoms with van der Waals surface area (Å²) in [5.74, 6) is 1.35. The molecule has 0 saturated carbocycles. The van der Waals surface area contributed by atoms with Gasteiger partial charge in [0, 0.05) is 38.9 Å². The standard InChI is InChI=1S/C17H23N3O3S/c1-18(2)16(22)19-9-7-17(8-10-19)20(15(21)12-24-17)13-5-4-6-14(11-13)23-3/h4-6,11H,7-10,12H2,1-3H3. The number of thioether (sulfide) groups is 1. The minimum Gasteiger partial charge on any atom is -0.497 e. The van der Waals surface area contributed by atoms with E-state index in [-0.39, 0.29) is 16.8 Å². The van der Waals surface area contributed by atoms with Gasteiger partial charge in [-0.05, 0) is 25.0 Å². The lowest BCUT2D eigenvalue weighted by Crippen LogP contribution is -2.54. The molecule has 0 radical (unpaired) electrons. The highest BCUT2D eigenvalue weighted by Gasteiger charge is 2.49. The first-order chi connectivity index (χ1) is 11.5. The largest absolute Gasteiger partial charge is 0.497 e. The maximum atomic E-state index is 12.5. The average Bonchev–Trinajstić information content (AvgIpc) is 2.91. The Kier molecular flexibility index (Phi) is 4.62. The van der Waals surface area contributed by atoms with E-state index in [1.807, 2.05) is 34.1 Å². The molecule has 0 aliphatic carbocycles. The van der Waals surface area contributed by atoms with Crippen molar-refractivity contribution in [1.82, 2.24) is 9.80 Å². The lowest BCUT2D eigenvalue weighted by Gasteiger charge is -2.44. The summed E-state index contributed by atoms with van der Waals surface area (Å²) in [6, 6.07) is 7.67. The smallest absolute Gasteiger partial charge is 0.319 e. The number of ether oxygens (including phenoxy) is 1. The molecular formula is C17H23N3O3S. The summed E-state index contributed by atoms with van der Waals surface area (Å²) < 4.78 is 5.30. The van der Waals surface area contributed by atoms with Crippen molar-refractivity contribution < 1.29 is 14.3 Å². The van der Waals surface area contributed by atoms with Crippen LogP contribution in [-0.4, -0.2) is 66.7 Å². The number of hydrogen-bond donors (Lipinski definition) is 0. The molecule has 2 fully saturated rings. The minimum absolute atomic E-state index is 0.0344. The van der Waals surface area contributed by atoms with Gasteiger partial charge in [-0.2, -0.15) is 0 Å². The van der Waals surface area contributed by atoms with Crippen molar-refractivity contribution in [3.05, 3.63) is 24.3 Å². The van der Waals surface area contributed by atoms with Gasteiger partial charge in [0.2, 0.25) is 5.91 Å². The molecule has 24 heavy (non-hydrogen) atoms. The highest BCUT2D eigenvalue weighted by atomic mass is 32.2. The van der Waals surface area contributed by atoms with Gasteiger partial charge in [0.25, 0.3) is 0 Å². The Balaban J connectivity index is 1.82. The van der Waals surface area contributed by atoms with Gasteiger partial charge in [-0.1, -0.05) is 6.07 Å². The third kappa shape index (κ3) is 2.92. The monoisotopic (exact) mass is 349 g/mol. The van der Waals surface area contributed by atoms with Crippen LogP contribution >= 0.6 is 11.8 Å². The van der Waals surface area contributed by atoms with E-state index in [2.05, 4.69) is 0 Å². The summed E-state index contributed by atoms with van der Waals surface area (Å²) >= 11 is 1.70. The van der Waals surface area contributed by atoms with Crippen molar-refractivity contribution in [2.75, 3.05) is 44.9 Å². The molecule has 0 atom stereocenters. The van der Waals surface area contributed by atoms with E-state index in [1.54, 1.807) is 37.9 Å². The molecule has 2 aliphatic rings. The molecule has 3 rings (SSSR count). The van der Waals surface area contributed by atoms with Gasteiger partial charge in [-0.3, -0.25) is 9.69 Å². The quantitative estimate of drug-likeness (QED) is 0.822. The van der Waals surface area contributed by atoms with Crippen LogP contribution < -0.4 is 9.64 Å². The highest BCUT2D eigenvalue weighted by molar-refractivity contribution is 8.02. The second kappa shape index (κ2) is 6.55. The second-order valence-electron chi connectivity index (χ2n) is 6.33. The number of methoxy groups -OCH3 is 1. The van der Waals surface area contributed by atoms with Gasteiger partial charge in [0.15, 0.2) is 0 Å². The van der Waals surface area contributed by atoms with Gasteiger partial charge in [-0.25, -0.2) is 4.79 Å². The molecule has 1 spiro atoms. The van der Waals surface area contributed by atoms with Crippen LogP contribution in [0.3, 0.4) is 0 Å². The number of hydrogen-bond acceptors (Lipinski definition) is 4. The van der Waals surface area contributed by atoms with Crippen molar-refractivity contribution in [3.63, 3.8) is 0 Å². The van der Waals surface area contributed by atoms with Crippen LogP contribution in [-0.2, 0) is 4.79 Å². The molecule has 1 aromatic carbocycles. The Morgan fingerprint density at radius 1 is 1.29 bits per heavy atom. The lowest BCUT2D eigenvalue weighted by atomic mass is 10.0. The summed E-state index contributed by atoms with van der Waals surface area (Å²) in [5, 5.41) is 0. The molecule has 130 valence electrons. The van der Waals surface area contributed by atoms with Crippen LogP contribution in [0.2, 0.25) is 0 Å². The van der Waals surface area contributed by atoms with E-state index in [9.17, 15) is 9.59 Å². The molecule has 2 heterocycles. The van der Waals surface area contributed by atoms with Crippen molar-refractivity contribution >= 4 is 29.4 Å². The number of likely N-dealkylation sites (tertiary alicyclic amines) is 1. The lowest BCUT2D eigenvalue weighted by molar-refractivity contribution is -0.116. The van der Waals surface area contributed by atoms with Crippen LogP contribution in [0, 0.1) is 0 Å². The zero-order valence-electron chi connectivity index (χ0n) is 14.3. The molecule has 1 aromatic rings. The molecule has 0 N–H and O–H groups in total. The van der Waals surface area contributed by atoms with Crippen molar-refractivity contribution in [3.8, 4) is 5.75 Å². The van der Waals surface area contributed by atoms with Crippen LogP contribution in [0.4, 0.5) is 10.5 Å². The minimum atomic E-state index is -0.257. The fourth-order valence-electron chi connectivity index (χ4n) is 3.38. The predicted octanol–water partition coefficient (Wildman–Crippen LogP) is 2.25. The van der Waals surface area contributed by atoms with E-state index >= 15 is 0 Å². The van der Waals surface area contributed by atoms with Crippen LogP contribution in [0.5, 0.6) is 5.75 Å². The summed E-state index contributed by atoms with van der Waals surface area (Å²) in [4.78, 5) is 29.8. The van der Waals surface area contributed by atoms with E-state index in [0.717, 1.165) is 24.3 Å². The molecule has 0 unspecified atom stereocenters. The van der Waals surface area contributed by atoms with Gasteiger partial charge in [-0.15, -0.1) is 11.8 Å². The first-order valence-corrected chi connectivity index (χ1v) is 9.03. The van der Waals surface area contributed by atoms with Gasteiger partial charge in [0.05, 0.1) is 17.7 Å². The van der Waals surface area contributed by atoms with Crippen LogP contribution in [0.25, 0.3) is 0 Å². The van der Waals surface area contributed by atoms with E-state index in [4.69, 9.17) is 4.74 Å². The number of carbonyl (C=O) groups excluding carboxylic acids is 2. The van der Waals surface area contributed by atoms with Gasteiger partial charge in [0.1, 0.15) is 5.75 Å². The maximum Gasteiger partial charge on any atom is 0.319 e. The van der Waals surface area contributed by atoms with Crippen LogP contribution in [0.1, 0.15) is 12.8 Å². The Bertz CT molecular complexity index is 642. The van der Waals surface area contributed by atoms with Crippen molar-refractivity contribution in [2.45, 2.75) is 17.7 Å². The molecular weight excluding hydrogens is 326 g/mol. The van der Waals surface area contributed by atoms with E-state index in [1.165, 1.54) is 0 Å². The number of piperidine rings is 1. The average molecular weight is 349 g/mol. The molecule has 2 saturated heterocycles. The van der Waals surface area contributed by atoms with E-state index in [0.29, 0.717) is 18.8 Å². The SMILES string of the molecule is COc1cccc(N2C(=O)CSC23CCN(C(=O)N(C)C)CC3)c1. The third-order valence-electron chi connectivity index (χ3n) is 4.63. The van der Waals surface area contributed by atoms with Crippen molar-refractivity contribution in [1.29, 1.82) is 0 Å². The first kappa shape index (κ1) is 17.0. The highest BCUT2D eigenvalue weighted by Crippen LogP contribution is 2.47. The Labute approximate surface area is 146 Å². The maximum absolute atomic E-state index is 12.5. The number of anilines is 1. The molecule has 6 nitrogen and oxygen atoms in total. The number of benzene rings is 1. The molecule has 2 aliphatic heterocycles. The Hall–Kier alpha value is -1.89.